The molecule has 1 aliphatic rings. The van der Waals surface area contributed by atoms with E-state index in [1.54, 1.807) is 0 Å². The Balaban J connectivity index is 2.47. The van der Waals surface area contributed by atoms with Crippen molar-refractivity contribution in [2.45, 2.75) is 31.1 Å². The Morgan fingerprint density at radius 1 is 1.77 bits per heavy atom. The molecule has 0 bridgehead atoms. The van der Waals surface area contributed by atoms with Gasteiger partial charge in [0.1, 0.15) is 6.10 Å². The maximum absolute atomic E-state index is 11.0. The summed E-state index contributed by atoms with van der Waals surface area (Å²) in [5, 5.41) is 0.0792. The average molecular weight is 223 g/mol. The third-order valence-corrected chi connectivity index (χ3v) is 3.09. The van der Waals surface area contributed by atoms with Gasteiger partial charge < -0.3 is 4.74 Å². The highest BCUT2D eigenvalue weighted by molar-refractivity contribution is 8.14. The van der Waals surface area contributed by atoms with E-state index in [1.807, 2.05) is 0 Å². The molecule has 2 atom stereocenters. The highest BCUT2D eigenvalue weighted by Crippen LogP contribution is 2.27. The van der Waals surface area contributed by atoms with Crippen molar-refractivity contribution in [2.24, 2.45) is 0 Å². The minimum atomic E-state index is -0.254. The van der Waals surface area contributed by atoms with E-state index in [0.717, 1.165) is 0 Å². The maximum Gasteiger partial charge on any atom is 0.307 e. The van der Waals surface area contributed by atoms with Crippen molar-refractivity contribution in [2.75, 3.05) is 5.88 Å². The summed E-state index contributed by atoms with van der Waals surface area (Å²) in [5.74, 6) is 0.0522. The molecule has 13 heavy (non-hydrogen) atoms. The molecule has 5 heteroatoms. The lowest BCUT2D eigenvalue weighted by Gasteiger charge is -2.26. The summed E-state index contributed by atoms with van der Waals surface area (Å²) in [6, 6.07) is 0. The number of alkyl halides is 1. The number of hydrogen-bond acceptors (Lipinski definition) is 4. The highest BCUT2D eigenvalue weighted by Gasteiger charge is 2.29. The number of ether oxygens (including phenoxy) is 1. The number of carbonyl (C=O) groups excluding carboxylic acids is 2. The summed E-state index contributed by atoms with van der Waals surface area (Å²) < 4.78 is 4.95. The van der Waals surface area contributed by atoms with Gasteiger partial charge in [-0.05, 0) is 6.42 Å². The molecule has 1 fully saturated rings. The SMILES string of the molecule is CC(=O)S[C@H]1CC(=O)O[C@H](CCl)C1. The fourth-order valence-corrected chi connectivity index (χ4v) is 2.45. The first-order valence-corrected chi connectivity index (χ1v) is 5.46. The van der Waals surface area contributed by atoms with Crippen molar-refractivity contribution >= 4 is 34.4 Å². The normalized spacial score (nSPS) is 28.3. The lowest BCUT2D eigenvalue weighted by molar-refractivity contribution is -0.151. The molecule has 0 radical (unpaired) electrons. The van der Waals surface area contributed by atoms with E-state index >= 15 is 0 Å². The zero-order valence-electron chi connectivity index (χ0n) is 7.29. The second-order valence-electron chi connectivity index (χ2n) is 2.94. The number of cyclic esters (lactones) is 1. The van der Waals surface area contributed by atoms with Gasteiger partial charge in [-0.25, -0.2) is 0 Å². The quantitative estimate of drug-likeness (QED) is 0.526. The molecule has 0 N–H and O–H groups in total. The number of esters is 1. The van der Waals surface area contributed by atoms with E-state index in [-0.39, 0.29) is 22.4 Å². The average Bonchev–Trinajstić information content (AvgIpc) is 2.01. The van der Waals surface area contributed by atoms with Crippen molar-refractivity contribution in [3.63, 3.8) is 0 Å². The topological polar surface area (TPSA) is 43.4 Å². The molecule has 3 nitrogen and oxygen atoms in total. The van der Waals surface area contributed by atoms with Gasteiger partial charge in [-0.3, -0.25) is 9.59 Å². The molecule has 0 saturated carbocycles. The van der Waals surface area contributed by atoms with Gasteiger partial charge in [0.15, 0.2) is 5.12 Å². The summed E-state index contributed by atoms with van der Waals surface area (Å²) in [6.45, 7) is 1.50. The minimum absolute atomic E-state index is 0.0352. The third-order valence-electron chi connectivity index (χ3n) is 1.72. The largest absolute Gasteiger partial charge is 0.461 e. The molecule has 0 unspecified atom stereocenters. The van der Waals surface area contributed by atoms with Crippen LogP contribution in [-0.4, -0.2) is 28.3 Å². The van der Waals surface area contributed by atoms with Crippen LogP contribution in [0.5, 0.6) is 0 Å². The fourth-order valence-electron chi connectivity index (χ4n) is 1.26. The van der Waals surface area contributed by atoms with Crippen molar-refractivity contribution in [1.29, 1.82) is 0 Å². The van der Waals surface area contributed by atoms with E-state index in [0.29, 0.717) is 18.7 Å². The van der Waals surface area contributed by atoms with Crippen LogP contribution >= 0.6 is 23.4 Å². The number of hydrogen-bond donors (Lipinski definition) is 0. The zero-order chi connectivity index (χ0) is 9.84. The third kappa shape index (κ3) is 3.56. The Morgan fingerprint density at radius 3 is 3.00 bits per heavy atom. The lowest BCUT2D eigenvalue weighted by atomic mass is 10.1. The summed E-state index contributed by atoms with van der Waals surface area (Å²) in [7, 11) is 0. The Bertz CT molecular complexity index is 217. The predicted octanol–water partition coefficient (Wildman–Crippen LogP) is 1.58. The summed E-state index contributed by atoms with van der Waals surface area (Å²) in [4.78, 5) is 21.8. The first kappa shape index (κ1) is 10.9. The second-order valence-corrected chi connectivity index (χ2v) is 4.72. The smallest absolute Gasteiger partial charge is 0.307 e. The number of halogens is 1. The molecule has 0 aromatic heterocycles. The van der Waals surface area contributed by atoms with Crippen LogP contribution in [0.4, 0.5) is 0 Å². The fraction of sp³-hybridized carbons (Fsp3) is 0.750. The molecular formula is C8H11ClO3S. The van der Waals surface area contributed by atoms with Crippen LogP contribution in [0, 0.1) is 0 Å². The molecule has 74 valence electrons. The summed E-state index contributed by atoms with van der Waals surface area (Å²) >= 11 is 6.78. The molecule has 0 aliphatic carbocycles. The van der Waals surface area contributed by atoms with E-state index in [2.05, 4.69) is 0 Å². The van der Waals surface area contributed by atoms with Crippen LogP contribution in [0.15, 0.2) is 0 Å². The van der Waals surface area contributed by atoms with Gasteiger partial charge in [-0.2, -0.15) is 0 Å². The van der Waals surface area contributed by atoms with E-state index in [9.17, 15) is 9.59 Å². The van der Waals surface area contributed by atoms with Crippen molar-refractivity contribution in [1.82, 2.24) is 0 Å². The molecule has 0 aromatic carbocycles. The summed E-state index contributed by atoms with van der Waals surface area (Å²) in [6.07, 6.45) is 0.775. The highest BCUT2D eigenvalue weighted by atomic mass is 35.5. The summed E-state index contributed by atoms with van der Waals surface area (Å²) in [5.41, 5.74) is 0. The zero-order valence-corrected chi connectivity index (χ0v) is 8.86. The first-order chi connectivity index (χ1) is 6.11. The predicted molar refractivity (Wildman–Crippen MR) is 51.9 cm³/mol. The Labute approximate surface area is 86.2 Å². The molecule has 0 spiro atoms. The van der Waals surface area contributed by atoms with Gasteiger partial charge in [0.2, 0.25) is 0 Å². The number of thioether (sulfide) groups is 1. The Hall–Kier alpha value is -0.220. The van der Waals surface area contributed by atoms with Crippen LogP contribution in [0.25, 0.3) is 0 Å². The van der Waals surface area contributed by atoms with Gasteiger partial charge in [0, 0.05) is 12.2 Å². The van der Waals surface area contributed by atoms with Gasteiger partial charge in [0.05, 0.1) is 12.3 Å². The van der Waals surface area contributed by atoms with Gasteiger partial charge >= 0.3 is 5.97 Å². The molecule has 1 aliphatic heterocycles. The van der Waals surface area contributed by atoms with Gasteiger partial charge in [0.25, 0.3) is 0 Å². The lowest BCUT2D eigenvalue weighted by Crippen LogP contribution is -2.32. The molecule has 0 aromatic rings. The number of rotatable bonds is 2. The molecule has 1 rings (SSSR count). The second kappa shape index (κ2) is 4.86. The molecule has 0 amide bonds. The van der Waals surface area contributed by atoms with Crippen molar-refractivity contribution < 1.29 is 14.3 Å². The molecule has 1 saturated heterocycles. The van der Waals surface area contributed by atoms with E-state index < -0.39 is 0 Å². The first-order valence-electron chi connectivity index (χ1n) is 4.04. The van der Waals surface area contributed by atoms with Crippen LogP contribution in [0.2, 0.25) is 0 Å². The number of carbonyl (C=O) groups is 2. The van der Waals surface area contributed by atoms with Crippen LogP contribution in [0.3, 0.4) is 0 Å². The van der Waals surface area contributed by atoms with E-state index in [1.165, 1.54) is 18.7 Å². The standard InChI is InChI=1S/C8H11ClO3S/c1-5(10)13-7-2-6(4-9)12-8(11)3-7/h6-7H,2-4H2,1H3/t6-,7+/m0/s1. The van der Waals surface area contributed by atoms with Crippen molar-refractivity contribution in [3.8, 4) is 0 Å². The van der Waals surface area contributed by atoms with E-state index in [4.69, 9.17) is 16.3 Å². The maximum atomic E-state index is 11.0. The van der Waals surface area contributed by atoms with Crippen LogP contribution < -0.4 is 0 Å². The Kier molecular flexibility index (Phi) is 4.06. The minimum Gasteiger partial charge on any atom is -0.461 e. The monoisotopic (exact) mass is 222 g/mol. The van der Waals surface area contributed by atoms with Gasteiger partial charge in [-0.15, -0.1) is 11.6 Å². The van der Waals surface area contributed by atoms with Crippen molar-refractivity contribution in [3.05, 3.63) is 0 Å². The Morgan fingerprint density at radius 2 is 2.46 bits per heavy atom. The molecular weight excluding hydrogens is 212 g/mol. The van der Waals surface area contributed by atoms with Crippen LogP contribution in [-0.2, 0) is 14.3 Å². The molecule has 1 heterocycles. The van der Waals surface area contributed by atoms with Gasteiger partial charge in [-0.1, -0.05) is 11.8 Å². The van der Waals surface area contributed by atoms with Crippen LogP contribution in [0.1, 0.15) is 19.8 Å².